The molecule has 5 rings (SSSR count). The van der Waals surface area contributed by atoms with Crippen molar-refractivity contribution in [3.63, 3.8) is 0 Å². The second kappa shape index (κ2) is 10.9. The van der Waals surface area contributed by atoms with Gasteiger partial charge in [0, 0.05) is 33.4 Å². The number of para-hydroxylation sites is 1. The van der Waals surface area contributed by atoms with Crippen molar-refractivity contribution in [2.45, 2.75) is 44.0 Å². The summed E-state index contributed by atoms with van der Waals surface area (Å²) in [6.45, 7) is 2.62. The minimum absolute atomic E-state index is 0.161. The number of nitrogens with one attached hydrogen (secondary N) is 1. The summed E-state index contributed by atoms with van der Waals surface area (Å²) in [6, 6.07) is 14.6. The first kappa shape index (κ1) is 24.6. The molecule has 1 amide bonds. The molecule has 8 heteroatoms. The molecule has 0 aliphatic heterocycles. The topological polar surface area (TPSA) is 60.3 Å². The van der Waals surface area contributed by atoms with Crippen molar-refractivity contribution in [1.29, 1.82) is 0 Å². The minimum atomic E-state index is -0.361. The molecular weight excluding hydrogens is 495 g/mol. The first-order valence-electron chi connectivity index (χ1n) is 12.1. The summed E-state index contributed by atoms with van der Waals surface area (Å²) in [5.74, 6) is -0.572. The molecule has 2 heterocycles. The van der Waals surface area contributed by atoms with Crippen LogP contribution in [0.1, 0.15) is 46.1 Å². The van der Waals surface area contributed by atoms with Crippen molar-refractivity contribution < 1.29 is 18.7 Å². The van der Waals surface area contributed by atoms with E-state index in [1.807, 2.05) is 36.5 Å². The molecule has 2 aromatic carbocycles. The average Bonchev–Trinajstić information content (AvgIpc) is 3.41. The first-order valence-corrected chi connectivity index (χ1v) is 13.9. The van der Waals surface area contributed by atoms with Crippen LogP contribution in [0, 0.1) is 5.82 Å². The molecule has 0 unspecified atom stereocenters. The zero-order chi connectivity index (χ0) is 25.1. The second-order valence-corrected chi connectivity index (χ2v) is 10.9. The van der Waals surface area contributed by atoms with Gasteiger partial charge in [0.05, 0.1) is 17.9 Å². The largest absolute Gasteiger partial charge is 0.462 e. The number of nitrogens with zero attached hydrogens (tertiary/aromatic N) is 1. The molecule has 0 radical (unpaired) electrons. The number of aromatic nitrogens is 1. The summed E-state index contributed by atoms with van der Waals surface area (Å²) in [4.78, 5) is 27.8. The molecule has 2 aromatic heterocycles. The molecule has 0 fully saturated rings. The number of thiophene rings is 1. The summed E-state index contributed by atoms with van der Waals surface area (Å²) < 4.78 is 21.1. The van der Waals surface area contributed by atoms with E-state index in [1.165, 1.54) is 40.1 Å². The summed E-state index contributed by atoms with van der Waals surface area (Å²) in [5.41, 5.74) is 3.47. The Morgan fingerprint density at radius 2 is 1.97 bits per heavy atom. The van der Waals surface area contributed by atoms with Crippen LogP contribution in [-0.2, 0) is 28.9 Å². The summed E-state index contributed by atoms with van der Waals surface area (Å²) >= 11 is 2.95. The number of rotatable bonds is 8. The highest BCUT2D eigenvalue weighted by molar-refractivity contribution is 8.00. The number of aryl methyl sites for hydroxylation is 1. The molecule has 1 N–H and O–H groups in total. The fourth-order valence-electron chi connectivity index (χ4n) is 4.67. The monoisotopic (exact) mass is 522 g/mol. The smallest absolute Gasteiger partial charge is 0.341 e. The summed E-state index contributed by atoms with van der Waals surface area (Å²) in [7, 11) is 0. The Hall–Kier alpha value is -3.10. The van der Waals surface area contributed by atoms with E-state index in [2.05, 4.69) is 9.88 Å². The third-order valence-electron chi connectivity index (χ3n) is 6.26. The highest BCUT2D eigenvalue weighted by Crippen LogP contribution is 2.39. The van der Waals surface area contributed by atoms with Crippen molar-refractivity contribution in [1.82, 2.24) is 4.57 Å². The number of esters is 1. The molecule has 36 heavy (non-hydrogen) atoms. The van der Waals surface area contributed by atoms with Crippen LogP contribution in [0.15, 0.2) is 59.6 Å². The Morgan fingerprint density at radius 3 is 2.81 bits per heavy atom. The molecule has 4 aromatic rings. The number of hydrogen-bond donors (Lipinski definition) is 1. The highest BCUT2D eigenvalue weighted by atomic mass is 32.2. The van der Waals surface area contributed by atoms with E-state index in [4.69, 9.17) is 4.74 Å². The quantitative estimate of drug-likeness (QED) is 0.207. The molecule has 0 bridgehead atoms. The van der Waals surface area contributed by atoms with Crippen LogP contribution in [0.5, 0.6) is 0 Å². The maximum atomic E-state index is 13.7. The lowest BCUT2D eigenvalue weighted by Gasteiger charge is -2.12. The van der Waals surface area contributed by atoms with Gasteiger partial charge in [0.2, 0.25) is 5.91 Å². The van der Waals surface area contributed by atoms with Gasteiger partial charge in [-0.15, -0.1) is 23.1 Å². The van der Waals surface area contributed by atoms with Gasteiger partial charge in [-0.05, 0) is 61.9 Å². The number of anilines is 1. The number of benzene rings is 2. The van der Waals surface area contributed by atoms with E-state index in [0.717, 1.165) is 52.6 Å². The predicted molar refractivity (Wildman–Crippen MR) is 144 cm³/mol. The lowest BCUT2D eigenvalue weighted by molar-refractivity contribution is -0.113. The fraction of sp³-hybridized carbons (Fsp3) is 0.286. The number of thioether (sulfide) groups is 1. The van der Waals surface area contributed by atoms with Crippen LogP contribution in [-0.4, -0.2) is 28.8 Å². The van der Waals surface area contributed by atoms with Crippen LogP contribution in [0.25, 0.3) is 10.9 Å². The molecule has 186 valence electrons. The van der Waals surface area contributed by atoms with Gasteiger partial charge in [-0.2, -0.15) is 0 Å². The number of fused-ring (bicyclic) bond motifs is 2. The Morgan fingerprint density at radius 1 is 1.14 bits per heavy atom. The number of carbonyl (C=O) groups is 2. The lowest BCUT2D eigenvalue weighted by atomic mass is 9.95. The standard InChI is InChI=1S/C28H27FN2O3S2/c1-2-34-28(33)26-21-11-4-6-13-23(21)36-27(26)30-25(32)17-35-24-16-31(22-12-5-3-10-20(22)24)15-18-8-7-9-19(29)14-18/h3,5,7-10,12,14,16H,2,4,6,11,13,15,17H2,1H3,(H,30,32). The fourth-order valence-corrected chi connectivity index (χ4v) is 6.85. The second-order valence-electron chi connectivity index (χ2n) is 8.74. The van der Waals surface area contributed by atoms with Gasteiger partial charge in [-0.1, -0.05) is 30.3 Å². The Labute approximate surface area is 217 Å². The Kier molecular flexibility index (Phi) is 7.43. The molecule has 0 saturated heterocycles. The lowest BCUT2D eigenvalue weighted by Crippen LogP contribution is -2.17. The maximum Gasteiger partial charge on any atom is 0.341 e. The number of hydrogen-bond acceptors (Lipinski definition) is 5. The molecule has 5 nitrogen and oxygen atoms in total. The van der Waals surface area contributed by atoms with Crippen LogP contribution in [0.4, 0.5) is 9.39 Å². The van der Waals surface area contributed by atoms with E-state index < -0.39 is 0 Å². The van der Waals surface area contributed by atoms with Crippen molar-refractivity contribution in [2.24, 2.45) is 0 Å². The maximum absolute atomic E-state index is 13.7. The molecule has 0 atom stereocenters. The highest BCUT2D eigenvalue weighted by Gasteiger charge is 2.27. The van der Waals surface area contributed by atoms with E-state index >= 15 is 0 Å². The van der Waals surface area contributed by atoms with E-state index in [-0.39, 0.29) is 23.4 Å². The number of ether oxygens (including phenoxy) is 1. The van der Waals surface area contributed by atoms with Gasteiger partial charge >= 0.3 is 5.97 Å². The average molecular weight is 523 g/mol. The number of amides is 1. The minimum Gasteiger partial charge on any atom is -0.462 e. The van der Waals surface area contributed by atoms with E-state index in [0.29, 0.717) is 23.7 Å². The van der Waals surface area contributed by atoms with Crippen molar-refractivity contribution in [3.8, 4) is 0 Å². The molecule has 1 aliphatic rings. The molecule has 1 aliphatic carbocycles. The third kappa shape index (κ3) is 5.20. The Bertz CT molecular complexity index is 1430. The van der Waals surface area contributed by atoms with Crippen molar-refractivity contribution in [3.05, 3.63) is 82.1 Å². The zero-order valence-electron chi connectivity index (χ0n) is 20.0. The normalized spacial score (nSPS) is 12.9. The van der Waals surface area contributed by atoms with Gasteiger partial charge < -0.3 is 14.6 Å². The molecule has 0 saturated carbocycles. The number of halogens is 1. The van der Waals surface area contributed by atoms with Gasteiger partial charge in [0.25, 0.3) is 0 Å². The van der Waals surface area contributed by atoms with Crippen molar-refractivity contribution in [2.75, 3.05) is 17.7 Å². The van der Waals surface area contributed by atoms with E-state index in [9.17, 15) is 14.0 Å². The summed E-state index contributed by atoms with van der Waals surface area (Å²) in [6.07, 6.45) is 5.93. The van der Waals surface area contributed by atoms with Crippen LogP contribution in [0.3, 0.4) is 0 Å². The first-order chi connectivity index (χ1) is 17.5. The third-order valence-corrected chi connectivity index (χ3v) is 8.51. The van der Waals surface area contributed by atoms with Crippen LogP contribution in [0.2, 0.25) is 0 Å². The molecular formula is C28H27FN2O3S2. The van der Waals surface area contributed by atoms with E-state index in [1.54, 1.807) is 13.0 Å². The van der Waals surface area contributed by atoms with Gasteiger partial charge in [-0.25, -0.2) is 9.18 Å². The van der Waals surface area contributed by atoms with Gasteiger partial charge in [-0.3, -0.25) is 4.79 Å². The SMILES string of the molecule is CCOC(=O)c1c(NC(=O)CSc2cn(Cc3cccc(F)c3)c3ccccc23)sc2c1CCCC2. The summed E-state index contributed by atoms with van der Waals surface area (Å²) in [5, 5.41) is 4.63. The predicted octanol–water partition coefficient (Wildman–Crippen LogP) is 6.68. The Balaban J connectivity index is 1.33. The van der Waals surface area contributed by atoms with Crippen LogP contribution >= 0.6 is 23.1 Å². The van der Waals surface area contributed by atoms with Gasteiger partial charge in [0.1, 0.15) is 10.8 Å². The number of carbonyl (C=O) groups excluding carboxylic acids is 2. The molecule has 0 spiro atoms. The van der Waals surface area contributed by atoms with Crippen LogP contribution < -0.4 is 5.32 Å². The zero-order valence-corrected chi connectivity index (χ0v) is 21.6. The van der Waals surface area contributed by atoms with Gasteiger partial charge in [0.15, 0.2) is 0 Å². The van der Waals surface area contributed by atoms with Crippen molar-refractivity contribution >= 4 is 50.9 Å².